The molecule has 0 spiro atoms. The molecule has 1 saturated carbocycles. The first-order valence-electron chi connectivity index (χ1n) is 6.40. The monoisotopic (exact) mass is 248 g/mol. The summed E-state index contributed by atoms with van der Waals surface area (Å²) in [6, 6.07) is 7.56. The van der Waals surface area contributed by atoms with Crippen molar-refractivity contribution in [3.8, 4) is 0 Å². The molecule has 1 fully saturated rings. The molecule has 98 valence electrons. The molecule has 0 aromatic heterocycles. The molecule has 4 nitrogen and oxygen atoms in total. The van der Waals surface area contributed by atoms with Crippen LogP contribution in [0.2, 0.25) is 0 Å². The third-order valence-corrected chi connectivity index (χ3v) is 3.64. The minimum atomic E-state index is -0.335. The molecule has 1 aliphatic rings. The van der Waals surface area contributed by atoms with Crippen LogP contribution in [0, 0.1) is 0 Å². The van der Waals surface area contributed by atoms with Crippen molar-refractivity contribution < 1.29 is 9.90 Å². The number of carbonyl (C=O) groups excluding carboxylic acids is 1. The van der Waals surface area contributed by atoms with Gasteiger partial charge in [-0.25, -0.2) is 0 Å². The minimum absolute atomic E-state index is 0.0144. The van der Waals surface area contributed by atoms with Crippen molar-refractivity contribution in [3.63, 3.8) is 0 Å². The van der Waals surface area contributed by atoms with Crippen molar-refractivity contribution in [1.29, 1.82) is 0 Å². The van der Waals surface area contributed by atoms with Gasteiger partial charge in [-0.15, -0.1) is 0 Å². The van der Waals surface area contributed by atoms with Crippen molar-refractivity contribution in [3.05, 3.63) is 29.8 Å². The number of benzene rings is 1. The summed E-state index contributed by atoms with van der Waals surface area (Å²) in [5, 5.41) is 12.2. The smallest absolute Gasteiger partial charge is 0.220 e. The van der Waals surface area contributed by atoms with Gasteiger partial charge in [0.05, 0.1) is 12.1 Å². The van der Waals surface area contributed by atoms with Crippen LogP contribution in [-0.4, -0.2) is 23.2 Å². The number of nitrogens with two attached hydrogens (primary N) is 1. The summed E-state index contributed by atoms with van der Waals surface area (Å²) in [5.74, 6) is 0.0144. The third kappa shape index (κ3) is 3.01. The zero-order valence-electron chi connectivity index (χ0n) is 10.5. The van der Waals surface area contributed by atoms with Gasteiger partial charge in [0.15, 0.2) is 0 Å². The van der Waals surface area contributed by atoms with E-state index in [2.05, 4.69) is 5.32 Å². The van der Waals surface area contributed by atoms with Crippen molar-refractivity contribution >= 4 is 11.6 Å². The van der Waals surface area contributed by atoms with Gasteiger partial charge in [-0.1, -0.05) is 12.1 Å². The molecular weight excluding hydrogens is 228 g/mol. The Morgan fingerprint density at radius 3 is 2.50 bits per heavy atom. The van der Waals surface area contributed by atoms with Crippen LogP contribution in [0.15, 0.2) is 24.3 Å². The standard InChI is InChI=1S/C14H20N2O2/c15-12-5-2-11(3-6-12)4-7-13(18)16-14(10-17)8-1-9-14/h2-3,5-6,17H,1,4,7-10,15H2,(H,16,18). The number of nitrogens with one attached hydrogen (secondary N) is 1. The highest BCUT2D eigenvalue weighted by atomic mass is 16.3. The molecule has 0 unspecified atom stereocenters. The fourth-order valence-electron chi connectivity index (χ4n) is 2.23. The van der Waals surface area contributed by atoms with Crippen LogP contribution in [-0.2, 0) is 11.2 Å². The zero-order valence-corrected chi connectivity index (χ0v) is 10.5. The van der Waals surface area contributed by atoms with Crippen molar-refractivity contribution in [1.82, 2.24) is 5.32 Å². The van der Waals surface area contributed by atoms with Gasteiger partial charge in [-0.2, -0.15) is 0 Å². The summed E-state index contributed by atoms with van der Waals surface area (Å²) in [6.07, 6.45) is 4.01. The topological polar surface area (TPSA) is 75.4 Å². The summed E-state index contributed by atoms with van der Waals surface area (Å²) in [6.45, 7) is 0.0423. The predicted molar refractivity (Wildman–Crippen MR) is 71.0 cm³/mol. The number of hydrogen-bond donors (Lipinski definition) is 3. The summed E-state index contributed by atoms with van der Waals surface area (Å²) in [5.41, 5.74) is 7.10. The number of anilines is 1. The lowest BCUT2D eigenvalue weighted by atomic mass is 9.77. The van der Waals surface area contributed by atoms with Crippen LogP contribution in [0.3, 0.4) is 0 Å². The number of aryl methyl sites for hydroxylation is 1. The number of amides is 1. The Balaban J connectivity index is 1.79. The minimum Gasteiger partial charge on any atom is -0.399 e. The Morgan fingerprint density at radius 1 is 1.33 bits per heavy atom. The van der Waals surface area contributed by atoms with Gasteiger partial charge in [0.2, 0.25) is 5.91 Å². The highest BCUT2D eigenvalue weighted by Crippen LogP contribution is 2.31. The lowest BCUT2D eigenvalue weighted by Gasteiger charge is -2.41. The maximum Gasteiger partial charge on any atom is 0.220 e. The number of nitrogen functional groups attached to an aromatic ring is 1. The molecule has 1 aromatic carbocycles. The average molecular weight is 248 g/mol. The summed E-state index contributed by atoms with van der Waals surface area (Å²) < 4.78 is 0. The molecule has 18 heavy (non-hydrogen) atoms. The van der Waals surface area contributed by atoms with Gasteiger partial charge in [-0.05, 0) is 43.4 Å². The Labute approximate surface area is 107 Å². The van der Waals surface area contributed by atoms with E-state index in [4.69, 9.17) is 5.73 Å². The van der Waals surface area contributed by atoms with E-state index in [0.29, 0.717) is 12.8 Å². The number of aliphatic hydroxyl groups is 1. The molecule has 4 N–H and O–H groups in total. The molecule has 1 aromatic rings. The number of hydrogen-bond acceptors (Lipinski definition) is 3. The molecule has 0 saturated heterocycles. The lowest BCUT2D eigenvalue weighted by molar-refractivity contribution is -0.125. The first-order chi connectivity index (χ1) is 8.63. The first kappa shape index (κ1) is 12.9. The second-order valence-corrected chi connectivity index (χ2v) is 5.08. The van der Waals surface area contributed by atoms with Gasteiger partial charge in [0.25, 0.3) is 0 Å². The van der Waals surface area contributed by atoms with Gasteiger partial charge < -0.3 is 16.2 Å². The fraction of sp³-hybridized carbons (Fsp3) is 0.500. The van der Waals surface area contributed by atoms with Crippen LogP contribution in [0.4, 0.5) is 5.69 Å². The van der Waals surface area contributed by atoms with Crippen LogP contribution in [0.25, 0.3) is 0 Å². The summed E-state index contributed by atoms with van der Waals surface area (Å²) in [7, 11) is 0. The molecule has 0 bridgehead atoms. The zero-order chi connectivity index (χ0) is 13.0. The lowest BCUT2D eigenvalue weighted by Crippen LogP contribution is -2.56. The third-order valence-electron chi connectivity index (χ3n) is 3.64. The second-order valence-electron chi connectivity index (χ2n) is 5.08. The van der Waals surface area contributed by atoms with Gasteiger partial charge in [0.1, 0.15) is 0 Å². The largest absolute Gasteiger partial charge is 0.399 e. The molecular formula is C14H20N2O2. The molecule has 1 amide bonds. The summed E-state index contributed by atoms with van der Waals surface area (Å²) in [4.78, 5) is 11.8. The number of rotatable bonds is 5. The maximum absolute atomic E-state index is 11.8. The van der Waals surface area contributed by atoms with Crippen molar-refractivity contribution in [2.24, 2.45) is 0 Å². The molecule has 4 heteroatoms. The molecule has 0 heterocycles. The van der Waals surface area contributed by atoms with E-state index in [0.717, 1.165) is 30.5 Å². The van der Waals surface area contributed by atoms with Gasteiger partial charge in [-0.3, -0.25) is 4.79 Å². The van der Waals surface area contributed by atoms with E-state index >= 15 is 0 Å². The van der Waals surface area contributed by atoms with E-state index in [-0.39, 0.29) is 18.1 Å². The highest BCUT2D eigenvalue weighted by Gasteiger charge is 2.37. The van der Waals surface area contributed by atoms with Crippen LogP contribution in [0.5, 0.6) is 0 Å². The van der Waals surface area contributed by atoms with E-state index in [1.165, 1.54) is 0 Å². The Kier molecular flexibility index (Phi) is 3.87. The highest BCUT2D eigenvalue weighted by molar-refractivity contribution is 5.77. The Morgan fingerprint density at radius 2 is 2.00 bits per heavy atom. The maximum atomic E-state index is 11.8. The van der Waals surface area contributed by atoms with Gasteiger partial charge >= 0.3 is 0 Å². The van der Waals surface area contributed by atoms with E-state index < -0.39 is 0 Å². The SMILES string of the molecule is Nc1ccc(CCC(=O)NC2(CO)CCC2)cc1. The molecule has 0 aliphatic heterocycles. The van der Waals surface area contributed by atoms with Crippen molar-refractivity contribution in [2.75, 3.05) is 12.3 Å². The normalized spacial score (nSPS) is 16.9. The van der Waals surface area contributed by atoms with Crippen molar-refractivity contribution in [2.45, 2.75) is 37.6 Å². The van der Waals surface area contributed by atoms with Crippen LogP contribution < -0.4 is 11.1 Å². The molecule has 2 rings (SSSR count). The quantitative estimate of drug-likeness (QED) is 0.686. The predicted octanol–water partition coefficient (Wildman–Crippen LogP) is 1.23. The summed E-state index contributed by atoms with van der Waals surface area (Å²) >= 11 is 0. The number of carbonyl (C=O) groups is 1. The van der Waals surface area contributed by atoms with Crippen LogP contribution in [0.1, 0.15) is 31.2 Å². The van der Waals surface area contributed by atoms with E-state index in [9.17, 15) is 9.90 Å². The molecule has 0 atom stereocenters. The Hall–Kier alpha value is -1.55. The molecule has 1 aliphatic carbocycles. The van der Waals surface area contributed by atoms with E-state index in [1.807, 2.05) is 24.3 Å². The fourth-order valence-corrected chi connectivity index (χ4v) is 2.23. The van der Waals surface area contributed by atoms with Crippen LogP contribution >= 0.6 is 0 Å². The molecule has 0 radical (unpaired) electrons. The number of aliphatic hydroxyl groups excluding tert-OH is 1. The van der Waals surface area contributed by atoms with E-state index in [1.54, 1.807) is 0 Å². The first-order valence-corrected chi connectivity index (χ1v) is 6.40. The Bertz CT molecular complexity index is 405. The second kappa shape index (κ2) is 5.40. The average Bonchev–Trinajstić information content (AvgIpc) is 2.33. The van der Waals surface area contributed by atoms with Gasteiger partial charge in [0, 0.05) is 12.1 Å².